The van der Waals surface area contributed by atoms with Gasteiger partial charge in [0.25, 0.3) is 0 Å². The van der Waals surface area contributed by atoms with Crippen molar-refractivity contribution in [1.29, 1.82) is 5.26 Å². The minimum atomic E-state index is -0.157. The molecule has 8 heteroatoms. The fourth-order valence-electron chi connectivity index (χ4n) is 4.83. The Morgan fingerprint density at radius 3 is 2.63 bits per heavy atom. The standard InChI is InChI=1S/C27H35N3O5/c1-31-13-3-11-30-12-15-34-24-9-4-20(16-23(24)30)19-35-26-18-29-17-25(33-14-10-28)27(26)21-5-7-22(32-2)8-6-21/h4-9,16,25-27,29H,3,11-15,17-19H2,1-2H3/t25-,26+,27?/m1/s1. The molecular formula is C27H35N3O5. The second-order valence-electron chi connectivity index (χ2n) is 8.80. The van der Waals surface area contributed by atoms with E-state index in [-0.39, 0.29) is 24.7 Å². The topological polar surface area (TPSA) is 85.2 Å². The van der Waals surface area contributed by atoms with Crippen LogP contribution in [0.3, 0.4) is 0 Å². The molecule has 35 heavy (non-hydrogen) atoms. The van der Waals surface area contributed by atoms with Crippen LogP contribution in [-0.2, 0) is 20.8 Å². The van der Waals surface area contributed by atoms with Crippen molar-refractivity contribution >= 4 is 5.69 Å². The number of anilines is 1. The number of hydrogen-bond donors (Lipinski definition) is 1. The van der Waals surface area contributed by atoms with E-state index in [1.54, 1.807) is 14.2 Å². The van der Waals surface area contributed by atoms with Crippen LogP contribution in [0.5, 0.6) is 11.5 Å². The van der Waals surface area contributed by atoms with Crippen molar-refractivity contribution in [2.75, 3.05) is 65.1 Å². The molecule has 0 radical (unpaired) electrons. The summed E-state index contributed by atoms with van der Waals surface area (Å²) in [5.74, 6) is 1.72. The van der Waals surface area contributed by atoms with Gasteiger partial charge in [-0.3, -0.25) is 0 Å². The molecule has 0 aliphatic carbocycles. The summed E-state index contributed by atoms with van der Waals surface area (Å²) >= 11 is 0. The molecule has 188 valence electrons. The molecular weight excluding hydrogens is 446 g/mol. The van der Waals surface area contributed by atoms with Gasteiger partial charge in [0.1, 0.15) is 24.7 Å². The van der Waals surface area contributed by atoms with Gasteiger partial charge in [-0.25, -0.2) is 0 Å². The van der Waals surface area contributed by atoms with E-state index < -0.39 is 0 Å². The van der Waals surface area contributed by atoms with E-state index in [0.29, 0.717) is 26.3 Å². The summed E-state index contributed by atoms with van der Waals surface area (Å²) in [4.78, 5) is 2.36. The minimum Gasteiger partial charge on any atom is -0.497 e. The van der Waals surface area contributed by atoms with E-state index >= 15 is 0 Å². The average Bonchev–Trinajstić information content (AvgIpc) is 2.91. The predicted molar refractivity (Wildman–Crippen MR) is 133 cm³/mol. The molecule has 8 nitrogen and oxygen atoms in total. The smallest absolute Gasteiger partial charge is 0.142 e. The first-order valence-corrected chi connectivity index (χ1v) is 12.2. The molecule has 4 rings (SSSR count). The summed E-state index contributed by atoms with van der Waals surface area (Å²) in [6.45, 7) is 5.14. The molecule has 2 aliphatic heterocycles. The lowest BCUT2D eigenvalue weighted by molar-refractivity contribution is -0.0530. The quantitative estimate of drug-likeness (QED) is 0.490. The number of hydrogen-bond acceptors (Lipinski definition) is 8. The Kier molecular flexibility index (Phi) is 9.21. The number of fused-ring (bicyclic) bond motifs is 1. The van der Waals surface area contributed by atoms with Crippen LogP contribution < -0.4 is 19.7 Å². The second-order valence-corrected chi connectivity index (χ2v) is 8.80. The number of piperidine rings is 1. The first-order valence-electron chi connectivity index (χ1n) is 12.2. The summed E-state index contributed by atoms with van der Waals surface area (Å²) in [6, 6.07) is 16.4. The van der Waals surface area contributed by atoms with Gasteiger partial charge in [0, 0.05) is 39.3 Å². The van der Waals surface area contributed by atoms with Crippen LogP contribution in [0.2, 0.25) is 0 Å². The third-order valence-electron chi connectivity index (χ3n) is 6.58. The van der Waals surface area contributed by atoms with Crippen molar-refractivity contribution in [3.05, 3.63) is 53.6 Å². The Morgan fingerprint density at radius 2 is 1.89 bits per heavy atom. The molecule has 2 aromatic carbocycles. The number of methoxy groups -OCH3 is 2. The molecule has 2 aromatic rings. The summed E-state index contributed by atoms with van der Waals surface area (Å²) < 4.78 is 28.8. The fraction of sp³-hybridized carbons (Fsp3) is 0.519. The SMILES string of the molecule is COCCCN1CCOc2ccc(CO[C@H]3CNC[C@@H](OCC#N)C3c3ccc(OC)cc3)cc21. The van der Waals surface area contributed by atoms with E-state index in [1.807, 2.05) is 18.2 Å². The van der Waals surface area contributed by atoms with Crippen LogP contribution in [-0.4, -0.2) is 72.4 Å². The van der Waals surface area contributed by atoms with Crippen LogP contribution >= 0.6 is 0 Å². The first-order chi connectivity index (χ1) is 17.2. The zero-order valence-corrected chi connectivity index (χ0v) is 20.6. The third kappa shape index (κ3) is 6.44. The Labute approximate surface area is 207 Å². The van der Waals surface area contributed by atoms with Gasteiger partial charge in [-0.1, -0.05) is 18.2 Å². The van der Waals surface area contributed by atoms with Crippen LogP contribution in [0.4, 0.5) is 5.69 Å². The fourth-order valence-corrected chi connectivity index (χ4v) is 4.83. The number of rotatable bonds is 11. The lowest BCUT2D eigenvalue weighted by Crippen LogP contribution is -2.50. The maximum Gasteiger partial charge on any atom is 0.142 e. The molecule has 1 fully saturated rings. The Morgan fingerprint density at radius 1 is 1.09 bits per heavy atom. The van der Waals surface area contributed by atoms with Gasteiger partial charge in [-0.05, 0) is 41.8 Å². The highest BCUT2D eigenvalue weighted by atomic mass is 16.5. The highest BCUT2D eigenvalue weighted by Gasteiger charge is 2.36. The Bertz CT molecular complexity index is 978. The van der Waals surface area contributed by atoms with E-state index in [2.05, 4.69) is 40.6 Å². The van der Waals surface area contributed by atoms with Gasteiger partial charge in [-0.15, -0.1) is 0 Å². The van der Waals surface area contributed by atoms with Crippen LogP contribution in [0.15, 0.2) is 42.5 Å². The van der Waals surface area contributed by atoms with Gasteiger partial charge in [0.15, 0.2) is 0 Å². The summed E-state index contributed by atoms with van der Waals surface area (Å²) in [5.41, 5.74) is 3.32. The number of benzene rings is 2. The monoisotopic (exact) mass is 481 g/mol. The number of nitriles is 1. The van der Waals surface area contributed by atoms with E-state index in [4.69, 9.17) is 28.9 Å². The van der Waals surface area contributed by atoms with Crippen LogP contribution in [0, 0.1) is 11.3 Å². The molecule has 0 saturated carbocycles. The zero-order chi connectivity index (χ0) is 24.5. The van der Waals surface area contributed by atoms with Crippen LogP contribution in [0.25, 0.3) is 0 Å². The van der Waals surface area contributed by atoms with Crippen LogP contribution in [0.1, 0.15) is 23.5 Å². The Hall–Kier alpha value is -2.83. The summed E-state index contributed by atoms with van der Waals surface area (Å²) in [5, 5.41) is 12.5. The third-order valence-corrected chi connectivity index (χ3v) is 6.58. The maximum absolute atomic E-state index is 9.06. The molecule has 0 amide bonds. The molecule has 0 spiro atoms. The summed E-state index contributed by atoms with van der Waals surface area (Å²) in [6.07, 6.45) is 0.707. The van der Waals surface area contributed by atoms with Gasteiger partial charge in [-0.2, -0.15) is 5.26 Å². The maximum atomic E-state index is 9.06. The molecule has 2 heterocycles. The van der Waals surface area contributed by atoms with Gasteiger partial charge in [0.05, 0.1) is 44.2 Å². The molecule has 1 saturated heterocycles. The van der Waals surface area contributed by atoms with Crippen molar-refractivity contribution < 1.29 is 23.7 Å². The van der Waals surface area contributed by atoms with E-state index in [9.17, 15) is 0 Å². The van der Waals surface area contributed by atoms with Crippen molar-refractivity contribution in [1.82, 2.24) is 5.32 Å². The second kappa shape index (κ2) is 12.8. The highest BCUT2D eigenvalue weighted by Crippen LogP contribution is 2.35. The van der Waals surface area contributed by atoms with Crippen molar-refractivity contribution in [2.24, 2.45) is 0 Å². The van der Waals surface area contributed by atoms with Gasteiger partial charge >= 0.3 is 0 Å². The van der Waals surface area contributed by atoms with Crippen molar-refractivity contribution in [3.8, 4) is 17.6 Å². The highest BCUT2D eigenvalue weighted by molar-refractivity contribution is 5.61. The number of nitrogens with zero attached hydrogens (tertiary/aromatic N) is 2. The first kappa shape index (κ1) is 25.3. The number of nitrogens with one attached hydrogen (secondary N) is 1. The Balaban J connectivity index is 1.48. The normalized spacial score (nSPS) is 21.6. The molecule has 0 bridgehead atoms. The molecule has 3 atom stereocenters. The predicted octanol–water partition coefficient (Wildman–Crippen LogP) is 3.11. The van der Waals surface area contributed by atoms with Crippen molar-refractivity contribution in [2.45, 2.75) is 31.2 Å². The van der Waals surface area contributed by atoms with E-state index in [1.165, 1.54) is 0 Å². The van der Waals surface area contributed by atoms with Crippen molar-refractivity contribution in [3.63, 3.8) is 0 Å². The number of ether oxygens (including phenoxy) is 5. The minimum absolute atomic E-state index is 0.00186. The molecule has 1 N–H and O–H groups in total. The summed E-state index contributed by atoms with van der Waals surface area (Å²) in [7, 11) is 3.39. The lowest BCUT2D eigenvalue weighted by atomic mass is 9.85. The van der Waals surface area contributed by atoms with Gasteiger partial charge in [0.2, 0.25) is 0 Å². The van der Waals surface area contributed by atoms with Gasteiger partial charge < -0.3 is 33.9 Å². The zero-order valence-electron chi connectivity index (χ0n) is 20.6. The molecule has 2 aliphatic rings. The largest absolute Gasteiger partial charge is 0.497 e. The molecule has 0 aromatic heterocycles. The molecule has 1 unspecified atom stereocenters. The van der Waals surface area contributed by atoms with E-state index in [0.717, 1.165) is 54.4 Å². The lowest BCUT2D eigenvalue weighted by Gasteiger charge is -2.38. The average molecular weight is 482 g/mol.